The molecule has 4 nitrogen and oxygen atoms in total. The molecular weight excluding hydrogens is 284 g/mol. The van der Waals surface area contributed by atoms with Gasteiger partial charge < -0.3 is 0 Å². The van der Waals surface area contributed by atoms with Crippen molar-refractivity contribution in [1.29, 1.82) is 0 Å². The van der Waals surface area contributed by atoms with Crippen LogP contribution in [-0.4, -0.2) is 9.91 Å². The van der Waals surface area contributed by atoms with Crippen molar-refractivity contribution < 1.29 is 4.92 Å². The van der Waals surface area contributed by atoms with Gasteiger partial charge in [0.05, 0.1) is 21.5 Å². The third-order valence-corrected chi connectivity index (χ3v) is 4.07. The van der Waals surface area contributed by atoms with Gasteiger partial charge in [0.15, 0.2) is 0 Å². The van der Waals surface area contributed by atoms with Crippen molar-refractivity contribution in [2.75, 3.05) is 0 Å². The highest BCUT2D eigenvalue weighted by Gasteiger charge is 2.11. The topological polar surface area (TPSA) is 56.0 Å². The van der Waals surface area contributed by atoms with Crippen LogP contribution in [0, 0.1) is 17.0 Å². The van der Waals surface area contributed by atoms with E-state index in [0.29, 0.717) is 10.9 Å². The van der Waals surface area contributed by atoms with Crippen LogP contribution in [0.1, 0.15) is 15.4 Å². The van der Waals surface area contributed by atoms with E-state index in [1.807, 2.05) is 12.2 Å². The number of rotatable bonds is 3. The third-order valence-electron chi connectivity index (χ3n) is 3.11. The molecule has 0 aliphatic rings. The molecule has 0 atom stereocenters. The first kappa shape index (κ1) is 13.5. The van der Waals surface area contributed by atoms with Crippen LogP contribution in [-0.2, 0) is 0 Å². The predicted molar refractivity (Wildman–Crippen MR) is 86.4 cm³/mol. The summed E-state index contributed by atoms with van der Waals surface area (Å²) in [5, 5.41) is 11.5. The number of aryl methyl sites for hydroxylation is 1. The zero-order valence-corrected chi connectivity index (χ0v) is 12.1. The number of nitro benzene ring substituents is 1. The van der Waals surface area contributed by atoms with Gasteiger partial charge in [-0.25, -0.2) is 4.98 Å². The number of pyridine rings is 1. The lowest BCUT2D eigenvalue weighted by atomic mass is 10.1. The van der Waals surface area contributed by atoms with E-state index >= 15 is 0 Å². The van der Waals surface area contributed by atoms with Gasteiger partial charge in [-0.2, -0.15) is 0 Å². The van der Waals surface area contributed by atoms with E-state index in [2.05, 4.69) is 24.0 Å². The molecule has 3 rings (SSSR count). The van der Waals surface area contributed by atoms with Crippen molar-refractivity contribution in [2.24, 2.45) is 0 Å². The smallest absolute Gasteiger partial charge is 0.258 e. The molecule has 104 valence electrons. The molecule has 0 aliphatic heterocycles. The number of thiophene rings is 1. The van der Waals surface area contributed by atoms with Crippen LogP contribution >= 0.6 is 11.3 Å². The second-order valence-corrected chi connectivity index (χ2v) is 5.94. The third kappa shape index (κ3) is 2.83. The minimum absolute atomic E-state index is 0.0874. The number of nitrogens with zero attached hydrogens (tertiary/aromatic N) is 2. The van der Waals surface area contributed by atoms with Crippen molar-refractivity contribution in [2.45, 2.75) is 6.92 Å². The van der Waals surface area contributed by atoms with Gasteiger partial charge >= 0.3 is 0 Å². The highest BCUT2D eigenvalue weighted by Crippen LogP contribution is 2.25. The van der Waals surface area contributed by atoms with E-state index < -0.39 is 0 Å². The Morgan fingerprint density at radius 1 is 1.14 bits per heavy atom. The molecule has 0 saturated heterocycles. The molecule has 2 heterocycles. The normalized spacial score (nSPS) is 11.3. The molecule has 0 spiro atoms. The zero-order valence-electron chi connectivity index (χ0n) is 11.3. The van der Waals surface area contributed by atoms with Gasteiger partial charge in [0.25, 0.3) is 5.69 Å². The molecule has 0 bridgehead atoms. The fraction of sp³-hybridized carbons (Fsp3) is 0.0625. The number of non-ortho nitro benzene ring substituents is 1. The first-order chi connectivity index (χ1) is 10.1. The molecule has 0 amide bonds. The Bertz CT molecular complexity index is 852. The van der Waals surface area contributed by atoms with Gasteiger partial charge in [-0.15, -0.1) is 11.3 Å². The Morgan fingerprint density at radius 3 is 2.71 bits per heavy atom. The number of nitro groups is 1. The summed E-state index contributed by atoms with van der Waals surface area (Å²) >= 11 is 1.71. The SMILES string of the molecule is Cc1ccc(/C=C/c2ccc3c([N+](=O)[O-])cccc3n2)s1. The van der Waals surface area contributed by atoms with Crippen LogP contribution in [0.25, 0.3) is 23.1 Å². The Hall–Kier alpha value is -2.53. The molecule has 5 heteroatoms. The standard InChI is InChI=1S/C16H12N2O2S/c1-11-5-8-13(21-11)9-6-12-7-10-14-15(17-12)3-2-4-16(14)18(19)20/h2-10H,1H3/b9-6+. The Labute approximate surface area is 125 Å². The maximum Gasteiger partial charge on any atom is 0.278 e. The maximum atomic E-state index is 11.0. The predicted octanol–water partition coefficient (Wildman–Crippen LogP) is 4.68. The summed E-state index contributed by atoms with van der Waals surface area (Å²) in [6.45, 7) is 2.06. The molecule has 0 unspecified atom stereocenters. The molecule has 1 aromatic carbocycles. The second kappa shape index (κ2) is 5.46. The monoisotopic (exact) mass is 296 g/mol. The Balaban J connectivity index is 1.98. The summed E-state index contributed by atoms with van der Waals surface area (Å²) in [5.41, 5.74) is 1.51. The summed E-state index contributed by atoms with van der Waals surface area (Å²) in [7, 11) is 0. The number of benzene rings is 1. The van der Waals surface area contributed by atoms with E-state index in [1.54, 1.807) is 35.6 Å². The van der Waals surface area contributed by atoms with Crippen LogP contribution < -0.4 is 0 Å². The van der Waals surface area contributed by atoms with Crippen molar-refractivity contribution >= 4 is 40.1 Å². The van der Waals surface area contributed by atoms with E-state index in [0.717, 1.165) is 10.6 Å². The molecule has 2 aromatic heterocycles. The number of fused-ring (bicyclic) bond motifs is 1. The highest BCUT2D eigenvalue weighted by molar-refractivity contribution is 7.12. The lowest BCUT2D eigenvalue weighted by Gasteiger charge is -2.00. The van der Waals surface area contributed by atoms with Gasteiger partial charge in [0.2, 0.25) is 0 Å². The Morgan fingerprint density at radius 2 is 2.00 bits per heavy atom. The first-order valence-corrected chi connectivity index (χ1v) is 7.24. The van der Waals surface area contributed by atoms with E-state index in [1.165, 1.54) is 10.9 Å². The molecule has 21 heavy (non-hydrogen) atoms. The van der Waals surface area contributed by atoms with Gasteiger partial charge in [0.1, 0.15) is 0 Å². The highest BCUT2D eigenvalue weighted by atomic mass is 32.1. The summed E-state index contributed by atoms with van der Waals surface area (Å²) in [6.07, 6.45) is 3.92. The van der Waals surface area contributed by atoms with Crippen molar-refractivity contribution in [3.8, 4) is 0 Å². The van der Waals surface area contributed by atoms with Crippen molar-refractivity contribution in [1.82, 2.24) is 4.98 Å². The van der Waals surface area contributed by atoms with Crippen LogP contribution in [0.2, 0.25) is 0 Å². The summed E-state index contributed by atoms with van der Waals surface area (Å²) in [4.78, 5) is 17.5. The van der Waals surface area contributed by atoms with E-state index in [-0.39, 0.29) is 10.6 Å². The first-order valence-electron chi connectivity index (χ1n) is 6.42. The quantitative estimate of drug-likeness (QED) is 0.520. The maximum absolute atomic E-state index is 11.0. The van der Waals surface area contributed by atoms with E-state index in [4.69, 9.17) is 0 Å². The van der Waals surface area contributed by atoms with Crippen LogP contribution in [0.3, 0.4) is 0 Å². The average Bonchev–Trinajstić information content (AvgIpc) is 2.89. The molecule has 0 radical (unpaired) electrons. The fourth-order valence-corrected chi connectivity index (χ4v) is 2.90. The van der Waals surface area contributed by atoms with Gasteiger partial charge in [-0.3, -0.25) is 10.1 Å². The fourth-order valence-electron chi connectivity index (χ4n) is 2.12. The lowest BCUT2D eigenvalue weighted by Crippen LogP contribution is -1.91. The van der Waals surface area contributed by atoms with Gasteiger partial charge in [0, 0.05) is 15.8 Å². The van der Waals surface area contributed by atoms with Gasteiger partial charge in [-0.05, 0) is 49.4 Å². The van der Waals surface area contributed by atoms with Crippen LogP contribution in [0.15, 0.2) is 42.5 Å². The molecule has 0 saturated carbocycles. The number of aromatic nitrogens is 1. The molecule has 3 aromatic rings. The lowest BCUT2D eigenvalue weighted by molar-refractivity contribution is -0.383. The molecule has 0 N–H and O–H groups in total. The molecule has 0 fully saturated rings. The van der Waals surface area contributed by atoms with Crippen LogP contribution in [0.4, 0.5) is 5.69 Å². The average molecular weight is 296 g/mol. The summed E-state index contributed by atoms with van der Waals surface area (Å²) < 4.78 is 0. The minimum atomic E-state index is -0.381. The van der Waals surface area contributed by atoms with Crippen molar-refractivity contribution in [3.05, 3.63) is 68.0 Å². The number of hydrogen-bond acceptors (Lipinski definition) is 4. The molecular formula is C16H12N2O2S. The minimum Gasteiger partial charge on any atom is -0.258 e. The van der Waals surface area contributed by atoms with Crippen LogP contribution in [0.5, 0.6) is 0 Å². The Kier molecular flexibility index (Phi) is 3.50. The zero-order chi connectivity index (χ0) is 14.8. The number of hydrogen-bond donors (Lipinski definition) is 0. The largest absolute Gasteiger partial charge is 0.278 e. The summed E-state index contributed by atoms with van der Waals surface area (Å²) in [5.74, 6) is 0. The molecule has 0 aliphatic carbocycles. The van der Waals surface area contributed by atoms with E-state index in [9.17, 15) is 10.1 Å². The second-order valence-electron chi connectivity index (χ2n) is 4.62. The van der Waals surface area contributed by atoms with Crippen molar-refractivity contribution in [3.63, 3.8) is 0 Å². The summed E-state index contributed by atoms with van der Waals surface area (Å²) in [6, 6.07) is 12.6. The van der Waals surface area contributed by atoms with Gasteiger partial charge in [-0.1, -0.05) is 6.07 Å².